The van der Waals surface area contributed by atoms with E-state index < -0.39 is 12.0 Å². The predicted molar refractivity (Wildman–Crippen MR) is 93.2 cm³/mol. The third kappa shape index (κ3) is 7.91. The molecule has 0 fully saturated rings. The number of carbonyl (C=O) groups excluding carboxylic acids is 1. The lowest BCUT2D eigenvalue weighted by Crippen LogP contribution is -2.33. The molecule has 0 aliphatic rings. The Bertz CT molecular complexity index is 654. The normalized spacial score (nSPS) is 11.2. The van der Waals surface area contributed by atoms with Gasteiger partial charge < -0.3 is 15.6 Å². The summed E-state index contributed by atoms with van der Waals surface area (Å²) in [7, 11) is 1.34. The van der Waals surface area contributed by atoms with E-state index in [1.165, 1.54) is 7.11 Å². The number of hydrogen-bond acceptors (Lipinski definition) is 4. The Morgan fingerprint density at radius 1 is 1.08 bits per heavy atom. The summed E-state index contributed by atoms with van der Waals surface area (Å²) in [6, 6.07) is 18.4. The quantitative estimate of drug-likeness (QED) is 0.650. The first kappa shape index (κ1) is 19.1. The standard InChI is InChI=1S/C10H13NO2.C9H8O2/c1-13-10(12)9(11)7-8-5-3-2-4-6-8;10-9(11)7-6-8-4-2-1-3-5-8/h2-6,9H,7,11H2,1H3;1-7H,(H,10,11)/b;7-6+/t9-;/m0./s1. The highest BCUT2D eigenvalue weighted by Gasteiger charge is 2.13. The number of hydrogen-bond donors (Lipinski definition) is 2. The molecule has 126 valence electrons. The second kappa shape index (κ2) is 10.7. The average molecular weight is 327 g/mol. The fourth-order valence-electron chi connectivity index (χ4n) is 1.83. The van der Waals surface area contributed by atoms with Crippen molar-refractivity contribution in [2.24, 2.45) is 5.73 Å². The molecule has 0 radical (unpaired) electrons. The van der Waals surface area contributed by atoms with Crippen LogP contribution >= 0.6 is 0 Å². The maximum absolute atomic E-state index is 11.0. The first-order chi connectivity index (χ1) is 11.5. The van der Waals surface area contributed by atoms with Crippen LogP contribution in [0.15, 0.2) is 66.7 Å². The number of rotatable bonds is 5. The Morgan fingerprint density at radius 2 is 1.62 bits per heavy atom. The van der Waals surface area contributed by atoms with Gasteiger partial charge in [0.1, 0.15) is 6.04 Å². The average Bonchev–Trinajstić information content (AvgIpc) is 2.61. The van der Waals surface area contributed by atoms with Crippen molar-refractivity contribution in [3.05, 3.63) is 77.9 Å². The number of ether oxygens (including phenoxy) is 1. The van der Waals surface area contributed by atoms with Gasteiger partial charge in [-0.25, -0.2) is 4.79 Å². The second-order valence-corrected chi connectivity index (χ2v) is 4.90. The van der Waals surface area contributed by atoms with E-state index in [0.717, 1.165) is 17.2 Å². The highest BCUT2D eigenvalue weighted by Crippen LogP contribution is 2.02. The topological polar surface area (TPSA) is 89.6 Å². The summed E-state index contributed by atoms with van der Waals surface area (Å²) in [5.41, 5.74) is 7.53. The third-order valence-corrected chi connectivity index (χ3v) is 3.02. The van der Waals surface area contributed by atoms with Crippen molar-refractivity contribution in [3.8, 4) is 0 Å². The van der Waals surface area contributed by atoms with E-state index in [9.17, 15) is 9.59 Å². The molecule has 0 heterocycles. The highest BCUT2D eigenvalue weighted by atomic mass is 16.5. The van der Waals surface area contributed by atoms with Gasteiger partial charge in [-0.1, -0.05) is 60.7 Å². The molecule has 0 aromatic heterocycles. The lowest BCUT2D eigenvalue weighted by molar-refractivity contribution is -0.142. The molecule has 0 aliphatic carbocycles. The molecule has 2 aromatic rings. The molecule has 0 bridgehead atoms. The zero-order valence-electron chi connectivity index (χ0n) is 13.5. The molecule has 0 saturated heterocycles. The fraction of sp³-hybridized carbons (Fsp3) is 0.158. The molecule has 1 atom stereocenters. The smallest absolute Gasteiger partial charge is 0.328 e. The van der Waals surface area contributed by atoms with Gasteiger partial charge in [0.05, 0.1) is 7.11 Å². The van der Waals surface area contributed by atoms with E-state index >= 15 is 0 Å². The van der Waals surface area contributed by atoms with Crippen LogP contribution in [0.5, 0.6) is 0 Å². The molecule has 0 amide bonds. The van der Waals surface area contributed by atoms with Crippen LogP contribution < -0.4 is 5.73 Å². The van der Waals surface area contributed by atoms with Gasteiger partial charge in [0.2, 0.25) is 0 Å². The molecule has 24 heavy (non-hydrogen) atoms. The Morgan fingerprint density at radius 3 is 2.12 bits per heavy atom. The monoisotopic (exact) mass is 327 g/mol. The zero-order chi connectivity index (χ0) is 17.8. The maximum atomic E-state index is 11.0. The third-order valence-electron chi connectivity index (χ3n) is 3.02. The molecule has 0 saturated carbocycles. The van der Waals surface area contributed by atoms with Crippen LogP contribution in [0, 0.1) is 0 Å². The lowest BCUT2D eigenvalue weighted by Gasteiger charge is -2.08. The second-order valence-electron chi connectivity index (χ2n) is 4.90. The number of carbonyl (C=O) groups is 2. The molecule has 5 heteroatoms. The summed E-state index contributed by atoms with van der Waals surface area (Å²) >= 11 is 0. The molecule has 0 aliphatic heterocycles. The first-order valence-corrected chi connectivity index (χ1v) is 7.36. The number of methoxy groups -OCH3 is 1. The highest BCUT2D eigenvalue weighted by molar-refractivity contribution is 5.85. The number of benzene rings is 2. The Labute approximate surface area is 141 Å². The Kier molecular flexibility index (Phi) is 8.57. The van der Waals surface area contributed by atoms with Crippen LogP contribution in [-0.4, -0.2) is 30.2 Å². The van der Waals surface area contributed by atoms with Gasteiger partial charge in [-0.15, -0.1) is 0 Å². The minimum Gasteiger partial charge on any atom is -0.478 e. The van der Waals surface area contributed by atoms with Crippen molar-refractivity contribution < 1.29 is 19.4 Å². The number of carboxylic acids is 1. The van der Waals surface area contributed by atoms with E-state index in [4.69, 9.17) is 10.8 Å². The van der Waals surface area contributed by atoms with E-state index in [0.29, 0.717) is 6.42 Å². The molecule has 0 unspecified atom stereocenters. The largest absolute Gasteiger partial charge is 0.478 e. The van der Waals surface area contributed by atoms with Crippen molar-refractivity contribution in [2.45, 2.75) is 12.5 Å². The molecule has 0 spiro atoms. The van der Waals surface area contributed by atoms with Crippen LogP contribution in [0.1, 0.15) is 11.1 Å². The van der Waals surface area contributed by atoms with Crippen LogP contribution in [-0.2, 0) is 20.7 Å². The fourth-order valence-corrected chi connectivity index (χ4v) is 1.83. The van der Waals surface area contributed by atoms with Crippen molar-refractivity contribution in [3.63, 3.8) is 0 Å². The summed E-state index contributed by atoms with van der Waals surface area (Å²) in [5, 5.41) is 8.29. The van der Waals surface area contributed by atoms with Crippen LogP contribution in [0.2, 0.25) is 0 Å². The number of esters is 1. The summed E-state index contributed by atoms with van der Waals surface area (Å²) < 4.78 is 4.52. The molecule has 3 N–H and O–H groups in total. The van der Waals surface area contributed by atoms with E-state index in [2.05, 4.69) is 4.74 Å². The van der Waals surface area contributed by atoms with Crippen molar-refractivity contribution in [1.82, 2.24) is 0 Å². The van der Waals surface area contributed by atoms with E-state index in [1.54, 1.807) is 6.08 Å². The lowest BCUT2D eigenvalue weighted by atomic mass is 10.1. The minimum absolute atomic E-state index is 0.371. The Balaban J connectivity index is 0.000000243. The molecule has 5 nitrogen and oxygen atoms in total. The summed E-state index contributed by atoms with van der Waals surface area (Å²) in [4.78, 5) is 21.1. The van der Waals surface area contributed by atoms with Gasteiger partial charge in [0.25, 0.3) is 0 Å². The first-order valence-electron chi connectivity index (χ1n) is 7.36. The molecule has 2 aromatic carbocycles. The van der Waals surface area contributed by atoms with Gasteiger partial charge in [0.15, 0.2) is 0 Å². The molecule has 2 rings (SSSR count). The Hall–Kier alpha value is -2.92. The SMILES string of the molecule is COC(=O)[C@@H](N)Cc1ccccc1.O=C(O)/C=C/c1ccccc1. The van der Waals surface area contributed by atoms with Crippen LogP contribution in [0.3, 0.4) is 0 Å². The number of nitrogens with two attached hydrogens (primary N) is 1. The predicted octanol–water partition coefficient (Wildman–Crippen LogP) is 2.51. The van der Waals surface area contributed by atoms with Crippen molar-refractivity contribution in [2.75, 3.05) is 7.11 Å². The summed E-state index contributed by atoms with van der Waals surface area (Å²) in [6.45, 7) is 0. The van der Waals surface area contributed by atoms with E-state index in [-0.39, 0.29) is 5.97 Å². The number of aliphatic carboxylic acids is 1. The van der Waals surface area contributed by atoms with Crippen LogP contribution in [0.4, 0.5) is 0 Å². The summed E-state index contributed by atoms with van der Waals surface area (Å²) in [5.74, 6) is -1.29. The van der Waals surface area contributed by atoms with Gasteiger partial charge in [-0.05, 0) is 23.6 Å². The van der Waals surface area contributed by atoms with Gasteiger partial charge in [-0.2, -0.15) is 0 Å². The van der Waals surface area contributed by atoms with Gasteiger partial charge in [-0.3, -0.25) is 4.79 Å². The van der Waals surface area contributed by atoms with Crippen molar-refractivity contribution in [1.29, 1.82) is 0 Å². The summed E-state index contributed by atoms with van der Waals surface area (Å²) in [6.07, 6.45) is 3.20. The maximum Gasteiger partial charge on any atom is 0.328 e. The van der Waals surface area contributed by atoms with Crippen LogP contribution in [0.25, 0.3) is 6.08 Å². The van der Waals surface area contributed by atoms with Crippen molar-refractivity contribution >= 4 is 18.0 Å². The zero-order valence-corrected chi connectivity index (χ0v) is 13.5. The van der Waals surface area contributed by atoms with Gasteiger partial charge in [0, 0.05) is 6.08 Å². The molecular formula is C19H21NO4. The van der Waals surface area contributed by atoms with E-state index in [1.807, 2.05) is 60.7 Å². The number of carboxylic acid groups (broad SMARTS) is 1. The molecular weight excluding hydrogens is 306 g/mol. The van der Waals surface area contributed by atoms with Gasteiger partial charge >= 0.3 is 11.9 Å². The minimum atomic E-state index is -0.922.